The molecule has 0 spiro atoms. The van der Waals surface area contributed by atoms with Crippen molar-refractivity contribution in [3.63, 3.8) is 0 Å². The summed E-state index contributed by atoms with van der Waals surface area (Å²) < 4.78 is 1.07. The standard InChI is InChI=1S/C12H9BrN2O/c13-8-4-6-9(7-5-8)14-12-10-2-1-3-11(12)16-15-10/h1-7,14-15H. The SMILES string of the molecule is Brc1ccc(Nc2c3cccc2ON3)cc1. The number of rotatable bonds is 2. The molecule has 0 atom stereocenters. The van der Waals surface area contributed by atoms with Crippen molar-refractivity contribution >= 4 is 33.0 Å². The average molecular weight is 277 g/mol. The van der Waals surface area contributed by atoms with Crippen molar-refractivity contribution in [3.8, 4) is 5.75 Å². The van der Waals surface area contributed by atoms with Gasteiger partial charge >= 0.3 is 0 Å². The van der Waals surface area contributed by atoms with Crippen LogP contribution in [0.15, 0.2) is 46.9 Å². The van der Waals surface area contributed by atoms with Gasteiger partial charge in [-0.1, -0.05) is 22.0 Å². The van der Waals surface area contributed by atoms with Gasteiger partial charge in [0.2, 0.25) is 0 Å². The highest BCUT2D eigenvalue weighted by Crippen LogP contribution is 2.39. The number of anilines is 3. The van der Waals surface area contributed by atoms with Gasteiger partial charge in [-0.05, 0) is 36.4 Å². The Kier molecular flexibility index (Phi) is 2.22. The van der Waals surface area contributed by atoms with E-state index < -0.39 is 0 Å². The zero-order valence-corrected chi connectivity index (χ0v) is 9.91. The van der Waals surface area contributed by atoms with E-state index in [1.165, 1.54) is 0 Å². The smallest absolute Gasteiger partial charge is 0.180 e. The van der Waals surface area contributed by atoms with Crippen molar-refractivity contribution in [2.75, 3.05) is 10.8 Å². The molecule has 0 unspecified atom stereocenters. The zero-order valence-electron chi connectivity index (χ0n) is 8.33. The summed E-state index contributed by atoms with van der Waals surface area (Å²) in [5.41, 5.74) is 5.82. The van der Waals surface area contributed by atoms with Crippen LogP contribution in [0.3, 0.4) is 0 Å². The Morgan fingerprint density at radius 3 is 2.62 bits per heavy atom. The minimum atomic E-state index is 0.820. The second kappa shape index (κ2) is 3.72. The van der Waals surface area contributed by atoms with Gasteiger partial charge in [0.1, 0.15) is 5.69 Å². The number of halogens is 1. The molecule has 80 valence electrons. The second-order valence-corrected chi connectivity index (χ2v) is 4.43. The fourth-order valence-corrected chi connectivity index (χ4v) is 1.88. The number of nitrogens with one attached hydrogen (secondary N) is 2. The van der Waals surface area contributed by atoms with E-state index in [0.717, 1.165) is 27.3 Å². The summed E-state index contributed by atoms with van der Waals surface area (Å²) in [7, 11) is 0. The number of hydrogen-bond acceptors (Lipinski definition) is 3. The molecule has 4 heteroatoms. The van der Waals surface area contributed by atoms with Crippen molar-refractivity contribution < 1.29 is 4.84 Å². The molecule has 3 rings (SSSR count). The van der Waals surface area contributed by atoms with Crippen LogP contribution >= 0.6 is 15.9 Å². The van der Waals surface area contributed by atoms with Crippen LogP contribution in [0.2, 0.25) is 0 Å². The van der Waals surface area contributed by atoms with E-state index in [1.54, 1.807) is 0 Å². The monoisotopic (exact) mass is 276 g/mol. The second-order valence-electron chi connectivity index (χ2n) is 3.51. The van der Waals surface area contributed by atoms with Gasteiger partial charge in [0.15, 0.2) is 5.75 Å². The number of benzene rings is 2. The third-order valence-corrected chi connectivity index (χ3v) is 2.94. The van der Waals surface area contributed by atoms with Gasteiger partial charge in [0, 0.05) is 10.2 Å². The fraction of sp³-hybridized carbons (Fsp3) is 0. The molecule has 0 saturated heterocycles. The first-order valence-corrected chi connectivity index (χ1v) is 5.71. The highest BCUT2D eigenvalue weighted by molar-refractivity contribution is 9.10. The Morgan fingerprint density at radius 1 is 1.06 bits per heavy atom. The fourth-order valence-electron chi connectivity index (χ4n) is 1.62. The largest absolute Gasteiger partial charge is 0.380 e. The van der Waals surface area contributed by atoms with Crippen LogP contribution in [0.25, 0.3) is 0 Å². The minimum Gasteiger partial charge on any atom is -0.380 e. The predicted molar refractivity (Wildman–Crippen MR) is 68.1 cm³/mol. The van der Waals surface area contributed by atoms with Crippen LogP contribution < -0.4 is 15.6 Å². The normalized spacial score (nSPS) is 11.8. The molecule has 2 N–H and O–H groups in total. The lowest BCUT2D eigenvalue weighted by Gasteiger charge is -2.05. The minimum absolute atomic E-state index is 0.820. The van der Waals surface area contributed by atoms with Gasteiger partial charge in [-0.15, -0.1) is 0 Å². The van der Waals surface area contributed by atoms with Crippen LogP contribution in [-0.4, -0.2) is 0 Å². The molecule has 2 aromatic carbocycles. The van der Waals surface area contributed by atoms with Gasteiger partial charge in [-0.25, -0.2) is 5.48 Å². The first-order valence-electron chi connectivity index (χ1n) is 4.91. The first-order chi connectivity index (χ1) is 7.83. The summed E-state index contributed by atoms with van der Waals surface area (Å²) in [5, 5.41) is 3.32. The molecule has 2 bridgehead atoms. The molecule has 1 aliphatic rings. The van der Waals surface area contributed by atoms with Gasteiger partial charge < -0.3 is 10.2 Å². The summed E-state index contributed by atoms with van der Waals surface area (Å²) in [6.45, 7) is 0. The Morgan fingerprint density at radius 2 is 1.88 bits per heavy atom. The summed E-state index contributed by atoms with van der Waals surface area (Å²) in [5.74, 6) is 0.820. The Hall–Kier alpha value is -1.68. The molecule has 0 aromatic heterocycles. The number of hydrogen-bond donors (Lipinski definition) is 2. The van der Waals surface area contributed by atoms with Gasteiger partial charge in [-0.3, -0.25) is 0 Å². The zero-order chi connectivity index (χ0) is 11.0. The third-order valence-electron chi connectivity index (χ3n) is 2.41. The molecule has 2 aromatic rings. The van der Waals surface area contributed by atoms with Crippen LogP contribution in [0.4, 0.5) is 17.1 Å². The molecule has 0 fully saturated rings. The van der Waals surface area contributed by atoms with Crippen LogP contribution in [-0.2, 0) is 0 Å². The van der Waals surface area contributed by atoms with E-state index in [-0.39, 0.29) is 0 Å². The van der Waals surface area contributed by atoms with E-state index >= 15 is 0 Å². The van der Waals surface area contributed by atoms with Crippen LogP contribution in [0.5, 0.6) is 5.75 Å². The van der Waals surface area contributed by atoms with Gasteiger partial charge in [0.25, 0.3) is 0 Å². The topological polar surface area (TPSA) is 33.3 Å². The quantitative estimate of drug-likeness (QED) is 0.873. The van der Waals surface area contributed by atoms with Crippen molar-refractivity contribution in [2.45, 2.75) is 0 Å². The highest BCUT2D eigenvalue weighted by Gasteiger charge is 2.16. The first kappa shape index (κ1) is 9.54. The summed E-state index contributed by atoms with van der Waals surface area (Å²) in [6.07, 6.45) is 0. The molecule has 0 amide bonds. The van der Waals surface area contributed by atoms with Crippen molar-refractivity contribution in [1.29, 1.82) is 0 Å². The molecule has 16 heavy (non-hydrogen) atoms. The maximum Gasteiger partial charge on any atom is 0.180 e. The summed E-state index contributed by atoms with van der Waals surface area (Å²) in [6, 6.07) is 13.9. The van der Waals surface area contributed by atoms with E-state index in [9.17, 15) is 0 Å². The van der Waals surface area contributed by atoms with Crippen molar-refractivity contribution in [2.24, 2.45) is 0 Å². The Labute approximate surface area is 102 Å². The molecular weight excluding hydrogens is 268 g/mol. The average Bonchev–Trinajstić information content (AvgIpc) is 2.52. The molecule has 0 aliphatic carbocycles. The van der Waals surface area contributed by atoms with E-state index in [0.29, 0.717) is 0 Å². The van der Waals surface area contributed by atoms with E-state index in [4.69, 9.17) is 4.84 Å². The van der Waals surface area contributed by atoms with E-state index in [2.05, 4.69) is 26.7 Å². The Bertz CT molecular complexity index is 503. The van der Waals surface area contributed by atoms with Crippen LogP contribution in [0.1, 0.15) is 0 Å². The molecule has 1 heterocycles. The van der Waals surface area contributed by atoms with Gasteiger partial charge in [0.05, 0.1) is 5.69 Å². The molecule has 0 radical (unpaired) electrons. The summed E-state index contributed by atoms with van der Waals surface area (Å²) >= 11 is 3.41. The molecular formula is C12H9BrN2O. The Balaban J connectivity index is 1.93. The maximum atomic E-state index is 5.29. The van der Waals surface area contributed by atoms with E-state index in [1.807, 2.05) is 42.5 Å². The highest BCUT2D eigenvalue weighted by atomic mass is 79.9. The number of fused-ring (bicyclic) bond motifs is 2. The lowest BCUT2D eigenvalue weighted by Crippen LogP contribution is -1.94. The third kappa shape index (κ3) is 1.61. The van der Waals surface area contributed by atoms with Crippen molar-refractivity contribution in [3.05, 3.63) is 46.9 Å². The molecule has 0 saturated carbocycles. The molecule has 1 aliphatic heterocycles. The number of para-hydroxylation sites is 1. The van der Waals surface area contributed by atoms with Crippen LogP contribution in [0, 0.1) is 0 Å². The molecule has 3 nitrogen and oxygen atoms in total. The lowest BCUT2D eigenvalue weighted by molar-refractivity contribution is 0.423. The predicted octanol–water partition coefficient (Wildman–Crippen LogP) is 3.91. The van der Waals surface area contributed by atoms with Crippen molar-refractivity contribution in [1.82, 2.24) is 0 Å². The lowest BCUT2D eigenvalue weighted by atomic mass is 10.2. The maximum absolute atomic E-state index is 5.29. The summed E-state index contributed by atoms with van der Waals surface area (Å²) in [4.78, 5) is 5.29. The van der Waals surface area contributed by atoms with Gasteiger partial charge in [-0.2, -0.15) is 0 Å².